The Kier molecular flexibility index (Phi) is 9.77. The van der Waals surface area contributed by atoms with Gasteiger partial charge in [0.05, 0.1) is 36.7 Å². The molecule has 8 nitrogen and oxygen atoms in total. The predicted octanol–water partition coefficient (Wildman–Crippen LogP) is 7.14. The third-order valence-electron chi connectivity index (χ3n) is 7.60. The van der Waals surface area contributed by atoms with Crippen molar-refractivity contribution in [2.75, 3.05) is 13.7 Å². The summed E-state index contributed by atoms with van der Waals surface area (Å²) in [6.07, 6.45) is -5.95. The van der Waals surface area contributed by atoms with Crippen LogP contribution in [0.15, 0.2) is 48.5 Å². The molecule has 0 spiro atoms. The van der Waals surface area contributed by atoms with Gasteiger partial charge in [-0.15, -0.1) is 0 Å². The number of pyridine rings is 1. The van der Waals surface area contributed by atoms with Crippen LogP contribution in [0.1, 0.15) is 73.6 Å². The minimum Gasteiger partial charge on any atom is -0.493 e. The Bertz CT molecular complexity index is 1570. The number of aliphatic hydroxyl groups is 1. The third-order valence-corrected chi connectivity index (χ3v) is 7.60. The number of hydrogen-bond acceptors (Lipinski definition) is 7. The number of Topliss-reactive ketones (excluding diaryl/α,β-unsaturated/α-hetero) is 1. The van der Waals surface area contributed by atoms with E-state index in [4.69, 9.17) is 14.2 Å². The van der Waals surface area contributed by atoms with E-state index in [0.29, 0.717) is 5.75 Å². The molecule has 0 bridgehead atoms. The highest BCUT2D eigenvalue weighted by molar-refractivity contribution is 5.96. The number of ether oxygens (including phenoxy) is 3. The Morgan fingerprint density at radius 2 is 1.76 bits per heavy atom. The monoisotopic (exact) mass is 632 g/mol. The number of halogens is 4. The Morgan fingerprint density at radius 1 is 1.04 bits per heavy atom. The maximum absolute atomic E-state index is 14.8. The lowest BCUT2D eigenvalue weighted by atomic mass is 9.86. The summed E-state index contributed by atoms with van der Waals surface area (Å²) in [5, 5.41) is 13.9. The minimum atomic E-state index is -5.26. The van der Waals surface area contributed by atoms with Crippen LogP contribution in [0.5, 0.6) is 11.5 Å². The first-order chi connectivity index (χ1) is 21.1. The summed E-state index contributed by atoms with van der Waals surface area (Å²) in [5.41, 5.74) is -4.91. The summed E-state index contributed by atoms with van der Waals surface area (Å²) < 4.78 is 74.3. The number of alkyl halides is 3. The van der Waals surface area contributed by atoms with Gasteiger partial charge in [-0.25, -0.2) is 14.2 Å². The molecule has 1 heterocycles. The van der Waals surface area contributed by atoms with Gasteiger partial charge in [0.2, 0.25) is 5.60 Å². The maximum atomic E-state index is 14.8. The van der Waals surface area contributed by atoms with E-state index in [-0.39, 0.29) is 46.4 Å². The van der Waals surface area contributed by atoms with Gasteiger partial charge in [-0.3, -0.25) is 4.79 Å². The van der Waals surface area contributed by atoms with Crippen molar-refractivity contribution in [3.63, 3.8) is 0 Å². The lowest BCUT2D eigenvalue weighted by Crippen LogP contribution is -2.45. The number of carbonyl (C=O) groups excluding carboxylic acids is 2. The van der Waals surface area contributed by atoms with Gasteiger partial charge in [0, 0.05) is 17.5 Å². The second-order valence-electron chi connectivity index (χ2n) is 11.5. The third kappa shape index (κ3) is 7.73. The van der Waals surface area contributed by atoms with E-state index in [9.17, 15) is 32.3 Å². The first-order valence-corrected chi connectivity index (χ1v) is 14.5. The summed E-state index contributed by atoms with van der Waals surface area (Å²) in [4.78, 5) is 29.6. The van der Waals surface area contributed by atoms with Gasteiger partial charge in [-0.2, -0.15) is 13.2 Å². The highest BCUT2D eigenvalue weighted by Gasteiger charge is 2.56. The molecule has 1 aliphatic carbocycles. The Hall–Kier alpha value is -4.19. The molecule has 0 radical (unpaired) electrons. The SMILES string of the molecule is CCOC(=O)NC(C)(C)c1cc(-c2ccc(F)c(C)c2)nc(C(O)(CCC(=O)c2ccc(OC3CC3)c(OC)c2)C(F)(F)F)c1. The number of nitrogens with one attached hydrogen (secondary N) is 1. The normalized spacial score (nSPS) is 14.8. The van der Waals surface area contributed by atoms with Crippen molar-refractivity contribution in [3.8, 4) is 22.8 Å². The lowest BCUT2D eigenvalue weighted by molar-refractivity contribution is -0.270. The molecule has 242 valence electrons. The van der Waals surface area contributed by atoms with Crippen molar-refractivity contribution in [2.24, 2.45) is 0 Å². The summed E-state index contributed by atoms with van der Waals surface area (Å²) >= 11 is 0. The minimum absolute atomic E-state index is 0.00526. The fourth-order valence-corrected chi connectivity index (χ4v) is 4.71. The molecule has 0 aliphatic heterocycles. The zero-order valence-electron chi connectivity index (χ0n) is 25.7. The average molecular weight is 633 g/mol. The van der Waals surface area contributed by atoms with Crippen LogP contribution in [-0.2, 0) is 15.9 Å². The molecule has 12 heteroatoms. The Labute approximate surface area is 258 Å². The van der Waals surface area contributed by atoms with Crippen LogP contribution in [0, 0.1) is 12.7 Å². The number of rotatable bonds is 12. The second kappa shape index (κ2) is 13.0. The molecule has 1 atom stereocenters. The van der Waals surface area contributed by atoms with E-state index in [1.165, 1.54) is 50.4 Å². The topological polar surface area (TPSA) is 107 Å². The molecule has 1 aliphatic rings. The maximum Gasteiger partial charge on any atom is 0.422 e. The molecular weight excluding hydrogens is 596 g/mol. The molecule has 2 N–H and O–H groups in total. The van der Waals surface area contributed by atoms with E-state index in [2.05, 4.69) is 10.3 Å². The second-order valence-corrected chi connectivity index (χ2v) is 11.5. The lowest BCUT2D eigenvalue weighted by Gasteiger charge is -2.33. The molecule has 2 aromatic carbocycles. The van der Waals surface area contributed by atoms with Crippen molar-refractivity contribution in [2.45, 2.75) is 76.8 Å². The first-order valence-electron chi connectivity index (χ1n) is 14.5. The van der Waals surface area contributed by atoms with Crippen LogP contribution in [-0.4, -0.2) is 48.0 Å². The number of ketones is 1. The number of nitrogens with zero attached hydrogens (tertiary/aromatic N) is 1. The van der Waals surface area contributed by atoms with Gasteiger partial charge in [-0.1, -0.05) is 0 Å². The molecule has 1 saturated carbocycles. The van der Waals surface area contributed by atoms with Gasteiger partial charge in [0.15, 0.2) is 17.3 Å². The van der Waals surface area contributed by atoms with E-state index < -0.39 is 53.5 Å². The Morgan fingerprint density at radius 3 is 2.36 bits per heavy atom. The van der Waals surface area contributed by atoms with Crippen LogP contribution in [0.4, 0.5) is 22.4 Å². The molecule has 3 aromatic rings. The number of aryl methyl sites for hydroxylation is 1. The van der Waals surface area contributed by atoms with E-state index in [1.807, 2.05) is 0 Å². The van der Waals surface area contributed by atoms with Crippen LogP contribution in [0.25, 0.3) is 11.3 Å². The molecule has 1 amide bonds. The molecule has 1 unspecified atom stereocenters. The zero-order chi connectivity index (χ0) is 33.2. The summed E-state index contributed by atoms with van der Waals surface area (Å²) in [6.45, 7) is 6.25. The fourth-order valence-electron chi connectivity index (χ4n) is 4.71. The highest BCUT2D eigenvalue weighted by Crippen LogP contribution is 2.44. The zero-order valence-corrected chi connectivity index (χ0v) is 25.7. The smallest absolute Gasteiger partial charge is 0.422 e. The number of hydrogen-bond donors (Lipinski definition) is 2. The van der Waals surface area contributed by atoms with Gasteiger partial charge in [-0.05, 0) is 107 Å². The van der Waals surface area contributed by atoms with Crippen LogP contribution >= 0.6 is 0 Å². The highest BCUT2D eigenvalue weighted by atomic mass is 19.4. The quantitative estimate of drug-likeness (QED) is 0.162. The van der Waals surface area contributed by atoms with Crippen LogP contribution in [0.2, 0.25) is 0 Å². The number of aromatic nitrogens is 1. The van der Waals surface area contributed by atoms with E-state index in [0.717, 1.165) is 25.0 Å². The van der Waals surface area contributed by atoms with Crippen molar-refractivity contribution in [3.05, 3.63) is 76.7 Å². The predicted molar refractivity (Wildman–Crippen MR) is 158 cm³/mol. The first kappa shape index (κ1) is 33.7. The molecule has 4 rings (SSSR count). The number of carbonyl (C=O) groups is 2. The number of alkyl carbamates (subject to hydrolysis) is 1. The van der Waals surface area contributed by atoms with Gasteiger partial charge in [0.1, 0.15) is 5.82 Å². The van der Waals surface area contributed by atoms with Crippen molar-refractivity contribution >= 4 is 11.9 Å². The van der Waals surface area contributed by atoms with E-state index in [1.54, 1.807) is 20.8 Å². The molecule has 1 aromatic heterocycles. The molecule has 45 heavy (non-hydrogen) atoms. The standard InChI is InChI=1S/C33H36F4N2O6/c1-6-44-30(41)39-31(3,4)22-17-25(20-7-11-24(34)19(2)15-20)38-29(18-22)32(42,33(35,36)37)14-13-26(40)21-8-12-27(28(16-21)43-5)45-23-9-10-23/h7-8,11-12,15-18,23,42H,6,9-10,13-14H2,1-5H3,(H,39,41). The average Bonchev–Trinajstić information content (AvgIpc) is 3.80. The molecule has 0 saturated heterocycles. The number of amides is 1. The van der Waals surface area contributed by atoms with Gasteiger partial charge < -0.3 is 24.6 Å². The largest absolute Gasteiger partial charge is 0.493 e. The summed E-state index contributed by atoms with van der Waals surface area (Å²) in [7, 11) is 1.39. The molecular formula is C33H36F4N2O6. The van der Waals surface area contributed by atoms with Gasteiger partial charge >= 0.3 is 12.3 Å². The Balaban J connectivity index is 1.74. The van der Waals surface area contributed by atoms with E-state index >= 15 is 0 Å². The summed E-state index contributed by atoms with van der Waals surface area (Å²) in [5.74, 6) is -0.493. The van der Waals surface area contributed by atoms with Crippen molar-refractivity contribution in [1.29, 1.82) is 0 Å². The van der Waals surface area contributed by atoms with Crippen molar-refractivity contribution in [1.82, 2.24) is 10.3 Å². The fraction of sp³-hybridized carbons (Fsp3) is 0.424. The number of benzene rings is 2. The summed E-state index contributed by atoms with van der Waals surface area (Å²) in [6, 6.07) is 10.8. The molecule has 1 fully saturated rings. The van der Waals surface area contributed by atoms with Crippen LogP contribution in [0.3, 0.4) is 0 Å². The van der Waals surface area contributed by atoms with Crippen molar-refractivity contribution < 1.29 is 46.5 Å². The number of methoxy groups -OCH3 is 1. The van der Waals surface area contributed by atoms with Gasteiger partial charge in [0.25, 0.3) is 0 Å². The van der Waals surface area contributed by atoms with Crippen LogP contribution < -0.4 is 14.8 Å².